The predicted octanol–water partition coefficient (Wildman–Crippen LogP) is 4.03. The average molecular weight is 498 g/mol. The van der Waals surface area contributed by atoms with Gasteiger partial charge in [-0.25, -0.2) is 0 Å². The number of nitrogens with zero attached hydrogens (tertiary/aromatic N) is 1. The fourth-order valence-corrected chi connectivity index (χ4v) is 5.07. The van der Waals surface area contributed by atoms with Gasteiger partial charge in [0.2, 0.25) is 5.91 Å². The lowest BCUT2D eigenvalue weighted by atomic mass is 9.72. The Hall–Kier alpha value is -2.61. The standard InChI is InChI=1S/C29H39NO6/c1-5-29(18-35-19-29)20-36-26-13-23(11-12-25(26)33-4)24-14-30(17-28(24,3)21(2)31)27(32)16-34-15-22-9-7-6-8-10-22/h6-13,21,24,31H,5,14-20H2,1-4H3. The van der Waals surface area contributed by atoms with Crippen molar-refractivity contribution in [3.8, 4) is 11.5 Å². The fourth-order valence-electron chi connectivity index (χ4n) is 5.07. The van der Waals surface area contributed by atoms with E-state index < -0.39 is 11.5 Å². The second-order valence-electron chi connectivity index (χ2n) is 10.5. The minimum atomic E-state index is -0.604. The zero-order valence-corrected chi connectivity index (χ0v) is 21.9. The Kier molecular flexibility index (Phi) is 8.23. The summed E-state index contributed by atoms with van der Waals surface area (Å²) in [6.45, 7) is 9.34. The van der Waals surface area contributed by atoms with Gasteiger partial charge in [0.15, 0.2) is 11.5 Å². The van der Waals surface area contributed by atoms with Crippen LogP contribution in [0.3, 0.4) is 0 Å². The molecule has 2 aromatic carbocycles. The summed E-state index contributed by atoms with van der Waals surface area (Å²) >= 11 is 0. The van der Waals surface area contributed by atoms with Crippen LogP contribution in [0.25, 0.3) is 0 Å². The van der Waals surface area contributed by atoms with Gasteiger partial charge in [-0.05, 0) is 36.6 Å². The van der Waals surface area contributed by atoms with Crippen molar-refractivity contribution in [3.63, 3.8) is 0 Å². The van der Waals surface area contributed by atoms with E-state index in [9.17, 15) is 9.90 Å². The Balaban J connectivity index is 1.47. The van der Waals surface area contributed by atoms with E-state index in [-0.39, 0.29) is 23.8 Å². The molecular weight excluding hydrogens is 458 g/mol. The highest BCUT2D eigenvalue weighted by Gasteiger charge is 2.48. The highest BCUT2D eigenvalue weighted by atomic mass is 16.5. The summed E-state index contributed by atoms with van der Waals surface area (Å²) in [6, 6.07) is 15.7. The summed E-state index contributed by atoms with van der Waals surface area (Å²) in [5, 5.41) is 10.8. The molecule has 36 heavy (non-hydrogen) atoms. The molecule has 1 N–H and O–H groups in total. The smallest absolute Gasteiger partial charge is 0.248 e. The molecule has 7 heteroatoms. The Bertz CT molecular complexity index is 1020. The molecule has 2 heterocycles. The fraction of sp³-hybridized carbons (Fsp3) is 0.552. The molecule has 0 aliphatic carbocycles. The van der Waals surface area contributed by atoms with Crippen LogP contribution in [0.1, 0.15) is 44.2 Å². The molecule has 1 amide bonds. The number of benzene rings is 2. The number of carbonyl (C=O) groups excluding carboxylic acids is 1. The summed E-state index contributed by atoms with van der Waals surface area (Å²) in [4.78, 5) is 14.8. The summed E-state index contributed by atoms with van der Waals surface area (Å²) in [5.41, 5.74) is 1.59. The van der Waals surface area contributed by atoms with E-state index >= 15 is 0 Å². The van der Waals surface area contributed by atoms with Gasteiger partial charge in [-0.15, -0.1) is 0 Å². The number of carbonyl (C=O) groups is 1. The van der Waals surface area contributed by atoms with E-state index in [2.05, 4.69) is 6.92 Å². The first kappa shape index (κ1) is 26.5. The van der Waals surface area contributed by atoms with Gasteiger partial charge >= 0.3 is 0 Å². The van der Waals surface area contributed by atoms with Gasteiger partial charge in [0, 0.05) is 24.4 Å². The molecule has 0 radical (unpaired) electrons. The van der Waals surface area contributed by atoms with Crippen molar-refractivity contribution in [1.82, 2.24) is 4.90 Å². The second kappa shape index (κ2) is 11.2. The molecule has 2 fully saturated rings. The van der Waals surface area contributed by atoms with Gasteiger partial charge in [-0.1, -0.05) is 50.2 Å². The van der Waals surface area contributed by atoms with Crippen LogP contribution < -0.4 is 9.47 Å². The van der Waals surface area contributed by atoms with Crippen LogP contribution in [-0.4, -0.2) is 68.6 Å². The summed E-state index contributed by atoms with van der Waals surface area (Å²) < 4.78 is 23.0. The summed E-state index contributed by atoms with van der Waals surface area (Å²) in [5.74, 6) is 1.22. The van der Waals surface area contributed by atoms with Crippen molar-refractivity contribution in [2.75, 3.05) is 46.6 Å². The largest absolute Gasteiger partial charge is 0.493 e. The van der Waals surface area contributed by atoms with Gasteiger partial charge in [-0.3, -0.25) is 4.79 Å². The van der Waals surface area contributed by atoms with Crippen LogP contribution in [0.15, 0.2) is 48.5 Å². The Morgan fingerprint density at radius 3 is 2.56 bits per heavy atom. The van der Waals surface area contributed by atoms with Crippen molar-refractivity contribution in [3.05, 3.63) is 59.7 Å². The Morgan fingerprint density at radius 1 is 1.19 bits per heavy atom. The number of amides is 1. The number of hydrogen-bond donors (Lipinski definition) is 1. The molecule has 0 aromatic heterocycles. The van der Waals surface area contributed by atoms with E-state index in [1.54, 1.807) is 14.0 Å². The van der Waals surface area contributed by atoms with E-state index in [1.807, 2.05) is 60.4 Å². The Morgan fingerprint density at radius 2 is 1.94 bits per heavy atom. The molecule has 2 aliphatic heterocycles. The van der Waals surface area contributed by atoms with Crippen LogP contribution in [-0.2, 0) is 20.9 Å². The lowest BCUT2D eigenvalue weighted by Crippen LogP contribution is -2.46. The molecule has 0 saturated carbocycles. The molecule has 7 nitrogen and oxygen atoms in total. The quantitative estimate of drug-likeness (QED) is 0.505. The maximum absolute atomic E-state index is 13.0. The molecular formula is C29H39NO6. The highest BCUT2D eigenvalue weighted by Crippen LogP contribution is 2.47. The van der Waals surface area contributed by atoms with Crippen molar-refractivity contribution >= 4 is 5.91 Å². The molecule has 2 saturated heterocycles. The van der Waals surface area contributed by atoms with E-state index in [4.69, 9.17) is 18.9 Å². The van der Waals surface area contributed by atoms with Crippen molar-refractivity contribution in [1.29, 1.82) is 0 Å². The lowest BCUT2D eigenvalue weighted by molar-refractivity contribution is -0.136. The van der Waals surface area contributed by atoms with Gasteiger partial charge < -0.3 is 29.0 Å². The molecule has 4 rings (SSSR count). The number of rotatable bonds is 11. The number of hydrogen-bond acceptors (Lipinski definition) is 6. The van der Waals surface area contributed by atoms with Crippen molar-refractivity contribution < 1.29 is 28.8 Å². The molecule has 196 valence electrons. The number of ether oxygens (including phenoxy) is 4. The molecule has 0 spiro atoms. The van der Waals surface area contributed by atoms with Crippen LogP contribution in [0, 0.1) is 10.8 Å². The average Bonchev–Trinajstić information content (AvgIpc) is 3.23. The van der Waals surface area contributed by atoms with Crippen LogP contribution >= 0.6 is 0 Å². The maximum Gasteiger partial charge on any atom is 0.248 e. The third kappa shape index (κ3) is 5.53. The summed E-state index contributed by atoms with van der Waals surface area (Å²) in [6.07, 6.45) is 0.383. The third-order valence-corrected chi connectivity index (χ3v) is 8.07. The molecule has 0 bridgehead atoms. The second-order valence-corrected chi connectivity index (χ2v) is 10.5. The summed E-state index contributed by atoms with van der Waals surface area (Å²) in [7, 11) is 1.63. The zero-order valence-electron chi connectivity index (χ0n) is 21.9. The SMILES string of the molecule is CCC1(COc2cc(C3CN(C(=O)COCc4ccccc4)CC3(C)C(C)O)ccc2OC)COC1. The molecule has 2 aromatic rings. The van der Waals surface area contributed by atoms with Crippen molar-refractivity contribution in [2.24, 2.45) is 10.8 Å². The normalized spacial score (nSPS) is 23.7. The number of aliphatic hydroxyl groups is 1. The lowest BCUT2D eigenvalue weighted by Gasteiger charge is -2.40. The monoisotopic (exact) mass is 497 g/mol. The van der Waals surface area contributed by atoms with Crippen LogP contribution in [0.5, 0.6) is 11.5 Å². The number of likely N-dealkylation sites (tertiary alicyclic amines) is 1. The van der Waals surface area contributed by atoms with Crippen molar-refractivity contribution in [2.45, 2.75) is 45.8 Å². The van der Waals surface area contributed by atoms with Gasteiger partial charge in [0.1, 0.15) is 6.61 Å². The minimum absolute atomic E-state index is 0.00957. The topological polar surface area (TPSA) is 77.5 Å². The van der Waals surface area contributed by atoms with Crippen LogP contribution in [0.4, 0.5) is 0 Å². The molecule has 3 unspecified atom stereocenters. The third-order valence-electron chi connectivity index (χ3n) is 8.07. The van der Waals surface area contributed by atoms with Crippen LogP contribution in [0.2, 0.25) is 0 Å². The van der Waals surface area contributed by atoms with E-state index in [0.29, 0.717) is 51.0 Å². The first-order valence-electron chi connectivity index (χ1n) is 12.8. The molecule has 2 aliphatic rings. The van der Waals surface area contributed by atoms with E-state index in [0.717, 1.165) is 17.5 Å². The number of methoxy groups -OCH3 is 1. The first-order chi connectivity index (χ1) is 17.3. The number of aliphatic hydroxyl groups excluding tert-OH is 1. The maximum atomic E-state index is 13.0. The van der Waals surface area contributed by atoms with E-state index in [1.165, 1.54) is 0 Å². The van der Waals surface area contributed by atoms with Gasteiger partial charge in [0.25, 0.3) is 0 Å². The first-order valence-corrected chi connectivity index (χ1v) is 12.8. The minimum Gasteiger partial charge on any atom is -0.493 e. The predicted molar refractivity (Wildman–Crippen MR) is 137 cm³/mol. The van der Waals surface area contributed by atoms with Gasteiger partial charge in [-0.2, -0.15) is 0 Å². The highest BCUT2D eigenvalue weighted by molar-refractivity contribution is 5.78. The molecule has 3 atom stereocenters. The Labute approximate surface area is 214 Å². The zero-order chi connectivity index (χ0) is 25.8. The van der Waals surface area contributed by atoms with Gasteiger partial charge in [0.05, 0.1) is 45.1 Å².